The Morgan fingerprint density at radius 1 is 1.48 bits per heavy atom. The number of ether oxygens (including phenoxy) is 1. The Labute approximate surface area is 122 Å². The Morgan fingerprint density at radius 2 is 2.29 bits per heavy atom. The van der Waals surface area contributed by atoms with E-state index in [1.807, 2.05) is 0 Å². The maximum Gasteiger partial charge on any atom is 0.226 e. The van der Waals surface area contributed by atoms with Crippen LogP contribution in [0.25, 0.3) is 0 Å². The summed E-state index contributed by atoms with van der Waals surface area (Å²) in [4.78, 5) is 15.9. The molecule has 0 saturated carbocycles. The molecule has 1 amide bonds. The minimum Gasteiger partial charge on any atom is -0.495 e. The zero-order valence-electron chi connectivity index (χ0n) is 12.0. The Bertz CT molecular complexity index is 624. The molecule has 0 aliphatic rings. The van der Waals surface area contributed by atoms with Crippen molar-refractivity contribution in [2.24, 2.45) is 0 Å². The lowest BCUT2D eigenvalue weighted by atomic mass is 10.2. The van der Waals surface area contributed by atoms with Gasteiger partial charge >= 0.3 is 0 Å². The van der Waals surface area contributed by atoms with Gasteiger partial charge in [-0.25, -0.2) is 0 Å². The predicted molar refractivity (Wildman–Crippen MR) is 78.0 cm³/mol. The lowest BCUT2D eigenvalue weighted by Gasteiger charge is -2.08. The molecule has 3 N–H and O–H groups in total. The summed E-state index contributed by atoms with van der Waals surface area (Å²) in [6.45, 7) is 1.76. The van der Waals surface area contributed by atoms with E-state index in [4.69, 9.17) is 15.0 Å². The second kappa shape index (κ2) is 6.74. The maximum absolute atomic E-state index is 11.8. The summed E-state index contributed by atoms with van der Waals surface area (Å²) in [6, 6.07) is 5.12. The van der Waals surface area contributed by atoms with Crippen LogP contribution < -0.4 is 15.8 Å². The van der Waals surface area contributed by atoms with Gasteiger partial charge in [0.15, 0.2) is 5.82 Å². The van der Waals surface area contributed by atoms with Crippen LogP contribution in [-0.4, -0.2) is 23.2 Å². The lowest BCUT2D eigenvalue weighted by Crippen LogP contribution is -2.11. The van der Waals surface area contributed by atoms with Crippen molar-refractivity contribution in [3.63, 3.8) is 0 Å². The van der Waals surface area contributed by atoms with E-state index in [1.165, 1.54) is 0 Å². The number of carbonyl (C=O) groups excluding carboxylic acids is 1. The molecule has 0 fully saturated rings. The minimum absolute atomic E-state index is 0.0872. The average Bonchev–Trinajstić information content (AvgIpc) is 2.84. The minimum atomic E-state index is -0.0872. The van der Waals surface area contributed by atoms with E-state index >= 15 is 0 Å². The number of benzene rings is 1. The van der Waals surface area contributed by atoms with Crippen molar-refractivity contribution in [2.75, 3.05) is 18.2 Å². The van der Waals surface area contributed by atoms with Crippen molar-refractivity contribution in [1.29, 1.82) is 0 Å². The first kappa shape index (κ1) is 14.8. The van der Waals surface area contributed by atoms with Gasteiger partial charge < -0.3 is 20.3 Å². The van der Waals surface area contributed by atoms with Crippen LogP contribution in [-0.2, 0) is 11.2 Å². The van der Waals surface area contributed by atoms with Gasteiger partial charge in [0.25, 0.3) is 0 Å². The molecule has 0 saturated heterocycles. The second-order valence-corrected chi connectivity index (χ2v) is 4.59. The van der Waals surface area contributed by atoms with Crippen molar-refractivity contribution in [1.82, 2.24) is 10.1 Å². The van der Waals surface area contributed by atoms with Crippen LogP contribution in [0.5, 0.6) is 5.75 Å². The first-order chi connectivity index (χ1) is 10.1. The average molecular weight is 290 g/mol. The summed E-state index contributed by atoms with van der Waals surface area (Å²) in [6.07, 6.45) is 1.59. The number of anilines is 2. The number of nitrogens with zero attached hydrogens (tertiary/aromatic N) is 2. The van der Waals surface area contributed by atoms with Crippen LogP contribution in [0.15, 0.2) is 22.7 Å². The van der Waals surface area contributed by atoms with Gasteiger partial charge in [0, 0.05) is 18.5 Å². The van der Waals surface area contributed by atoms with Crippen LogP contribution in [0.1, 0.15) is 24.6 Å². The molecule has 0 atom stereocenters. The van der Waals surface area contributed by atoms with Gasteiger partial charge in [-0.2, -0.15) is 4.98 Å². The van der Waals surface area contributed by atoms with Crippen LogP contribution in [0.2, 0.25) is 0 Å². The molecular weight excluding hydrogens is 272 g/mol. The van der Waals surface area contributed by atoms with E-state index in [-0.39, 0.29) is 5.91 Å². The number of rotatable bonds is 6. The van der Waals surface area contributed by atoms with Gasteiger partial charge in [0.1, 0.15) is 5.75 Å². The fraction of sp³-hybridized carbons (Fsp3) is 0.357. The third kappa shape index (κ3) is 4.20. The second-order valence-electron chi connectivity index (χ2n) is 4.59. The maximum atomic E-state index is 11.8. The van der Waals surface area contributed by atoms with E-state index in [0.29, 0.717) is 48.1 Å². The third-order valence-corrected chi connectivity index (χ3v) is 2.88. The topological polar surface area (TPSA) is 103 Å². The van der Waals surface area contributed by atoms with Crippen LogP contribution >= 0.6 is 0 Å². The molecule has 0 unspecified atom stereocenters. The first-order valence-corrected chi connectivity index (χ1v) is 6.61. The molecular formula is C14H18N4O3. The molecule has 1 aromatic carbocycles. The number of carbonyl (C=O) groups is 1. The number of nitrogens with one attached hydrogen (secondary N) is 1. The van der Waals surface area contributed by atoms with Gasteiger partial charge in [-0.1, -0.05) is 5.16 Å². The number of nitrogens with two attached hydrogens (primary N) is 1. The highest BCUT2D eigenvalue weighted by Crippen LogP contribution is 2.24. The standard InChI is InChI=1S/C14H18N4O3/c1-9-16-14(21-18-9)5-3-4-13(19)17-10-6-7-12(20-2)11(15)8-10/h6-8H,3-5,15H2,1-2H3,(H,17,19). The number of aryl methyl sites for hydroxylation is 2. The smallest absolute Gasteiger partial charge is 0.226 e. The highest BCUT2D eigenvalue weighted by atomic mass is 16.5. The third-order valence-electron chi connectivity index (χ3n) is 2.88. The zero-order valence-corrected chi connectivity index (χ0v) is 12.0. The number of aromatic nitrogens is 2. The molecule has 0 aliphatic heterocycles. The quantitative estimate of drug-likeness (QED) is 0.788. The summed E-state index contributed by atoms with van der Waals surface area (Å²) in [5, 5.41) is 6.48. The molecule has 1 aromatic heterocycles. The predicted octanol–water partition coefficient (Wildman–Crippen LogP) is 1.93. The van der Waals surface area contributed by atoms with Crippen molar-refractivity contribution in [3.8, 4) is 5.75 Å². The summed E-state index contributed by atoms with van der Waals surface area (Å²) >= 11 is 0. The number of hydrogen-bond donors (Lipinski definition) is 2. The number of amides is 1. The molecule has 0 bridgehead atoms. The number of nitrogen functional groups attached to an aromatic ring is 1. The molecule has 7 heteroatoms. The summed E-state index contributed by atoms with van der Waals surface area (Å²) in [5.41, 5.74) is 6.91. The van der Waals surface area contributed by atoms with Gasteiger partial charge in [-0.3, -0.25) is 4.79 Å². The molecule has 1 heterocycles. The normalized spacial score (nSPS) is 10.4. The van der Waals surface area contributed by atoms with Crippen LogP contribution in [0.3, 0.4) is 0 Å². The van der Waals surface area contributed by atoms with Gasteiger partial charge in [-0.05, 0) is 31.5 Å². The highest BCUT2D eigenvalue weighted by molar-refractivity contribution is 5.91. The molecule has 2 aromatic rings. The monoisotopic (exact) mass is 290 g/mol. The molecule has 21 heavy (non-hydrogen) atoms. The van der Waals surface area contributed by atoms with Gasteiger partial charge in [-0.15, -0.1) is 0 Å². The Morgan fingerprint density at radius 3 is 2.90 bits per heavy atom. The molecule has 0 aliphatic carbocycles. The first-order valence-electron chi connectivity index (χ1n) is 6.61. The van der Waals surface area contributed by atoms with Gasteiger partial charge in [0.05, 0.1) is 12.8 Å². The molecule has 2 rings (SSSR count). The fourth-order valence-corrected chi connectivity index (χ4v) is 1.88. The molecule has 0 spiro atoms. The highest BCUT2D eigenvalue weighted by Gasteiger charge is 2.07. The van der Waals surface area contributed by atoms with Crippen LogP contribution in [0, 0.1) is 6.92 Å². The fourth-order valence-electron chi connectivity index (χ4n) is 1.88. The summed E-state index contributed by atoms with van der Waals surface area (Å²) < 4.78 is 10.0. The Hall–Kier alpha value is -2.57. The number of hydrogen-bond acceptors (Lipinski definition) is 6. The molecule has 7 nitrogen and oxygen atoms in total. The summed E-state index contributed by atoms with van der Waals surface area (Å²) in [5.74, 6) is 1.65. The van der Waals surface area contributed by atoms with E-state index in [9.17, 15) is 4.79 Å². The summed E-state index contributed by atoms with van der Waals surface area (Å²) in [7, 11) is 1.54. The zero-order chi connectivity index (χ0) is 15.2. The van der Waals surface area contributed by atoms with E-state index in [1.54, 1.807) is 32.2 Å². The largest absolute Gasteiger partial charge is 0.495 e. The Balaban J connectivity index is 1.80. The lowest BCUT2D eigenvalue weighted by molar-refractivity contribution is -0.116. The molecule has 0 radical (unpaired) electrons. The van der Waals surface area contributed by atoms with Crippen molar-refractivity contribution >= 4 is 17.3 Å². The SMILES string of the molecule is COc1ccc(NC(=O)CCCc2nc(C)no2)cc1N. The van der Waals surface area contributed by atoms with E-state index in [0.717, 1.165) is 0 Å². The van der Waals surface area contributed by atoms with E-state index in [2.05, 4.69) is 15.5 Å². The molecule has 112 valence electrons. The van der Waals surface area contributed by atoms with E-state index < -0.39 is 0 Å². The van der Waals surface area contributed by atoms with Crippen LogP contribution in [0.4, 0.5) is 11.4 Å². The number of methoxy groups -OCH3 is 1. The van der Waals surface area contributed by atoms with Crippen molar-refractivity contribution < 1.29 is 14.1 Å². The van der Waals surface area contributed by atoms with Crippen molar-refractivity contribution in [2.45, 2.75) is 26.2 Å². The van der Waals surface area contributed by atoms with Crippen molar-refractivity contribution in [3.05, 3.63) is 29.9 Å². The Kier molecular flexibility index (Phi) is 4.76. The van der Waals surface area contributed by atoms with Gasteiger partial charge in [0.2, 0.25) is 11.8 Å².